The highest BCUT2D eigenvalue weighted by Crippen LogP contribution is 2.05. The van der Waals surface area contributed by atoms with Gasteiger partial charge in [0.15, 0.2) is 0 Å². The highest BCUT2D eigenvalue weighted by atomic mass is 35.5. The maximum Gasteiger partial charge on any atom is 0.312 e. The van der Waals surface area contributed by atoms with Gasteiger partial charge in [-0.1, -0.05) is 0 Å². The molecule has 8 heteroatoms. The Hall–Kier alpha value is -1.34. The molecule has 120 valence electrons. The second-order valence-electron chi connectivity index (χ2n) is 5.22. The normalized spacial score (nSPS) is 22.8. The van der Waals surface area contributed by atoms with Gasteiger partial charge in [0.1, 0.15) is 6.54 Å². The van der Waals surface area contributed by atoms with Crippen LogP contribution in [0.3, 0.4) is 0 Å². The monoisotopic (exact) mass is 318 g/mol. The molecule has 0 saturated carbocycles. The van der Waals surface area contributed by atoms with Crippen molar-refractivity contribution in [3.05, 3.63) is 0 Å². The van der Waals surface area contributed by atoms with Gasteiger partial charge < -0.3 is 20.4 Å². The summed E-state index contributed by atoms with van der Waals surface area (Å²) in [5.41, 5.74) is 0. The van der Waals surface area contributed by atoms with Gasteiger partial charge in [0.05, 0.1) is 0 Å². The number of rotatable bonds is 4. The molecule has 2 aliphatic rings. The lowest BCUT2D eigenvalue weighted by Crippen LogP contribution is -2.57. The van der Waals surface area contributed by atoms with Gasteiger partial charge >= 0.3 is 11.8 Å². The van der Waals surface area contributed by atoms with E-state index in [1.165, 1.54) is 9.80 Å². The highest BCUT2D eigenvalue weighted by molar-refractivity contribution is 6.35. The maximum absolute atomic E-state index is 11.9. The van der Waals surface area contributed by atoms with Crippen LogP contribution in [-0.2, 0) is 14.4 Å². The molecule has 7 nitrogen and oxygen atoms in total. The van der Waals surface area contributed by atoms with Gasteiger partial charge in [0, 0.05) is 32.2 Å². The summed E-state index contributed by atoms with van der Waals surface area (Å²) in [4.78, 5) is 38.4. The Morgan fingerprint density at radius 3 is 2.57 bits per heavy atom. The summed E-state index contributed by atoms with van der Waals surface area (Å²) in [7, 11) is 0. The lowest BCUT2D eigenvalue weighted by atomic mass is 10.1. The van der Waals surface area contributed by atoms with Crippen LogP contribution >= 0.6 is 12.4 Å². The second-order valence-corrected chi connectivity index (χ2v) is 5.22. The Labute approximate surface area is 130 Å². The highest BCUT2D eigenvalue weighted by Gasteiger charge is 2.32. The molecule has 21 heavy (non-hydrogen) atoms. The fourth-order valence-electron chi connectivity index (χ4n) is 2.59. The topological polar surface area (TPSA) is 81.8 Å². The molecule has 1 atom stereocenters. The summed E-state index contributed by atoms with van der Waals surface area (Å²) in [5.74, 6) is -1.27. The zero-order chi connectivity index (χ0) is 14.5. The number of hydrogen-bond donors (Lipinski definition) is 2. The number of nitrogens with one attached hydrogen (secondary N) is 2. The van der Waals surface area contributed by atoms with Crippen molar-refractivity contribution in [3.63, 3.8) is 0 Å². The van der Waals surface area contributed by atoms with Gasteiger partial charge in [-0.2, -0.15) is 0 Å². The number of piperidine rings is 1. The molecule has 2 heterocycles. The van der Waals surface area contributed by atoms with Crippen LogP contribution in [0.25, 0.3) is 0 Å². The minimum atomic E-state index is -0.574. The van der Waals surface area contributed by atoms with Crippen LogP contribution in [0, 0.1) is 0 Å². The number of nitrogens with zero attached hydrogens (tertiary/aromatic N) is 2. The molecule has 0 spiro atoms. The van der Waals surface area contributed by atoms with Crippen molar-refractivity contribution in [2.75, 3.05) is 39.3 Å². The van der Waals surface area contributed by atoms with Crippen molar-refractivity contribution in [1.82, 2.24) is 20.4 Å². The predicted molar refractivity (Wildman–Crippen MR) is 80.1 cm³/mol. The quantitative estimate of drug-likeness (QED) is 0.649. The summed E-state index contributed by atoms with van der Waals surface area (Å²) >= 11 is 0. The van der Waals surface area contributed by atoms with Crippen LogP contribution in [0.15, 0.2) is 0 Å². The fraction of sp³-hybridized carbons (Fsp3) is 0.769. The summed E-state index contributed by atoms with van der Waals surface area (Å²) in [5, 5.41) is 6.12. The summed E-state index contributed by atoms with van der Waals surface area (Å²) in [6.07, 6.45) is 1.99. The van der Waals surface area contributed by atoms with E-state index in [1.807, 2.05) is 6.92 Å². The third-order valence-electron chi connectivity index (χ3n) is 3.78. The number of likely N-dealkylation sites (N-methyl/N-ethyl adjacent to an activating group) is 1. The van der Waals surface area contributed by atoms with Gasteiger partial charge in [0.25, 0.3) is 0 Å². The Morgan fingerprint density at radius 1 is 1.29 bits per heavy atom. The number of amides is 3. The lowest BCUT2D eigenvalue weighted by molar-refractivity contribution is -0.156. The van der Waals surface area contributed by atoms with Crippen LogP contribution in [0.4, 0.5) is 0 Å². The van der Waals surface area contributed by atoms with Crippen molar-refractivity contribution in [2.24, 2.45) is 0 Å². The fourth-order valence-corrected chi connectivity index (χ4v) is 2.59. The number of carbonyl (C=O) groups excluding carboxylic acids is 3. The molecule has 1 unspecified atom stereocenters. The first-order chi connectivity index (χ1) is 9.61. The molecule has 0 aromatic carbocycles. The molecule has 0 aromatic rings. The van der Waals surface area contributed by atoms with E-state index in [1.54, 1.807) is 0 Å². The van der Waals surface area contributed by atoms with E-state index in [4.69, 9.17) is 0 Å². The average molecular weight is 319 g/mol. The van der Waals surface area contributed by atoms with Gasteiger partial charge in [-0.3, -0.25) is 14.4 Å². The Bertz CT molecular complexity index is 399. The third kappa shape index (κ3) is 4.57. The van der Waals surface area contributed by atoms with E-state index in [2.05, 4.69) is 10.6 Å². The molecule has 2 aliphatic heterocycles. The zero-order valence-electron chi connectivity index (χ0n) is 12.3. The molecule has 0 bridgehead atoms. The molecule has 0 aromatic heterocycles. The van der Waals surface area contributed by atoms with Crippen molar-refractivity contribution < 1.29 is 14.4 Å². The SMILES string of the molecule is CCN1CCN(CC(=O)NC2CCCNC2)C(=O)C1=O.Cl. The summed E-state index contributed by atoms with van der Waals surface area (Å²) < 4.78 is 0. The third-order valence-corrected chi connectivity index (χ3v) is 3.78. The van der Waals surface area contributed by atoms with Crippen molar-refractivity contribution >= 4 is 30.1 Å². The van der Waals surface area contributed by atoms with E-state index < -0.39 is 11.8 Å². The zero-order valence-corrected chi connectivity index (χ0v) is 13.1. The molecule has 2 fully saturated rings. The van der Waals surface area contributed by atoms with Crippen LogP contribution < -0.4 is 10.6 Å². The predicted octanol–water partition coefficient (Wildman–Crippen LogP) is -1.03. The Morgan fingerprint density at radius 2 is 1.95 bits per heavy atom. The van der Waals surface area contributed by atoms with Gasteiger partial charge in [0.2, 0.25) is 5.91 Å². The van der Waals surface area contributed by atoms with Crippen molar-refractivity contribution in [2.45, 2.75) is 25.8 Å². The minimum absolute atomic E-state index is 0. The summed E-state index contributed by atoms with van der Waals surface area (Å²) in [6, 6.07) is 0.124. The smallest absolute Gasteiger partial charge is 0.312 e. The molecule has 2 N–H and O–H groups in total. The van der Waals surface area contributed by atoms with Crippen LogP contribution in [0.2, 0.25) is 0 Å². The standard InChI is InChI=1S/C13H22N4O3.ClH/c1-2-16-6-7-17(13(20)12(16)19)9-11(18)15-10-4-3-5-14-8-10;/h10,14H,2-9H2,1H3,(H,15,18);1H. The van der Waals surface area contributed by atoms with E-state index in [-0.39, 0.29) is 30.9 Å². The van der Waals surface area contributed by atoms with Gasteiger partial charge in [-0.25, -0.2) is 0 Å². The van der Waals surface area contributed by atoms with E-state index in [9.17, 15) is 14.4 Å². The van der Waals surface area contributed by atoms with Crippen LogP contribution in [0.5, 0.6) is 0 Å². The van der Waals surface area contributed by atoms with Crippen molar-refractivity contribution in [1.29, 1.82) is 0 Å². The molecule has 0 aliphatic carbocycles. The average Bonchev–Trinajstić information content (AvgIpc) is 2.45. The number of carbonyl (C=O) groups is 3. The van der Waals surface area contributed by atoms with Gasteiger partial charge in [-0.05, 0) is 26.3 Å². The number of halogens is 1. The van der Waals surface area contributed by atoms with Gasteiger partial charge in [-0.15, -0.1) is 12.4 Å². The largest absolute Gasteiger partial charge is 0.351 e. The second kappa shape index (κ2) is 8.19. The van der Waals surface area contributed by atoms with E-state index in [0.29, 0.717) is 19.6 Å². The van der Waals surface area contributed by atoms with E-state index >= 15 is 0 Å². The molecule has 3 amide bonds. The lowest BCUT2D eigenvalue weighted by Gasteiger charge is -2.33. The molecule has 2 saturated heterocycles. The molecular formula is C13H23ClN4O3. The van der Waals surface area contributed by atoms with Crippen LogP contribution in [-0.4, -0.2) is 72.8 Å². The molecule has 0 radical (unpaired) electrons. The van der Waals surface area contributed by atoms with E-state index in [0.717, 1.165) is 25.9 Å². The first kappa shape index (κ1) is 17.7. The van der Waals surface area contributed by atoms with Crippen molar-refractivity contribution in [3.8, 4) is 0 Å². The Kier molecular flexibility index (Phi) is 6.91. The maximum atomic E-state index is 11.9. The minimum Gasteiger partial charge on any atom is -0.351 e. The van der Waals surface area contributed by atoms with Crippen LogP contribution in [0.1, 0.15) is 19.8 Å². The Balaban J connectivity index is 0.00000220. The first-order valence-electron chi connectivity index (χ1n) is 7.20. The number of piperazine rings is 1. The molecule has 2 rings (SSSR count). The number of hydrogen-bond acceptors (Lipinski definition) is 4. The molecular weight excluding hydrogens is 296 g/mol. The summed E-state index contributed by atoms with van der Waals surface area (Å²) in [6.45, 7) is 5.01. The first-order valence-corrected chi connectivity index (χ1v) is 7.20.